The SMILES string of the molecule is O=C(O)c1cnc(Oc2c(Br)cccc2[N+](=O)[O-])c(Cl)c1. The Morgan fingerprint density at radius 3 is 2.76 bits per heavy atom. The average molecular weight is 374 g/mol. The Labute approximate surface area is 131 Å². The molecule has 2 rings (SSSR count). The van der Waals surface area contributed by atoms with Crippen molar-refractivity contribution in [1.29, 1.82) is 0 Å². The molecule has 108 valence electrons. The van der Waals surface area contributed by atoms with Crippen molar-refractivity contribution >= 4 is 39.2 Å². The van der Waals surface area contributed by atoms with Gasteiger partial charge in [-0.25, -0.2) is 9.78 Å². The lowest BCUT2D eigenvalue weighted by atomic mass is 10.3. The number of nitro benzene ring substituents is 1. The molecule has 21 heavy (non-hydrogen) atoms. The Balaban J connectivity index is 2.44. The van der Waals surface area contributed by atoms with Gasteiger partial charge in [0.2, 0.25) is 11.6 Å². The molecule has 0 saturated heterocycles. The number of hydrogen-bond donors (Lipinski definition) is 1. The van der Waals surface area contributed by atoms with Crippen LogP contribution in [0.5, 0.6) is 11.6 Å². The minimum absolute atomic E-state index is 0.0695. The van der Waals surface area contributed by atoms with Gasteiger partial charge in [-0.15, -0.1) is 0 Å². The van der Waals surface area contributed by atoms with Crippen LogP contribution < -0.4 is 4.74 Å². The summed E-state index contributed by atoms with van der Waals surface area (Å²) in [6.07, 6.45) is 1.05. The molecule has 0 fully saturated rings. The zero-order valence-electron chi connectivity index (χ0n) is 10.1. The molecule has 7 nitrogen and oxygen atoms in total. The number of para-hydroxylation sites is 1. The van der Waals surface area contributed by atoms with Gasteiger partial charge < -0.3 is 9.84 Å². The van der Waals surface area contributed by atoms with Gasteiger partial charge in [0.05, 0.1) is 15.0 Å². The lowest BCUT2D eigenvalue weighted by molar-refractivity contribution is -0.385. The molecule has 0 spiro atoms. The number of rotatable bonds is 4. The lowest BCUT2D eigenvalue weighted by Gasteiger charge is -2.08. The highest BCUT2D eigenvalue weighted by molar-refractivity contribution is 9.10. The van der Waals surface area contributed by atoms with Crippen molar-refractivity contribution in [2.45, 2.75) is 0 Å². The number of aromatic nitrogens is 1. The first kappa shape index (κ1) is 15.2. The fourth-order valence-corrected chi connectivity index (χ4v) is 2.10. The van der Waals surface area contributed by atoms with Crippen LogP contribution in [0.15, 0.2) is 34.9 Å². The first-order valence-corrected chi connectivity index (χ1v) is 6.57. The Morgan fingerprint density at radius 2 is 2.19 bits per heavy atom. The van der Waals surface area contributed by atoms with E-state index in [0.717, 1.165) is 12.3 Å². The third kappa shape index (κ3) is 3.29. The first-order chi connectivity index (χ1) is 9.90. The topological polar surface area (TPSA) is 103 Å². The van der Waals surface area contributed by atoms with Crippen molar-refractivity contribution in [3.05, 3.63) is 55.6 Å². The summed E-state index contributed by atoms with van der Waals surface area (Å²) < 4.78 is 5.69. The van der Waals surface area contributed by atoms with E-state index in [1.54, 1.807) is 6.07 Å². The van der Waals surface area contributed by atoms with Crippen LogP contribution >= 0.6 is 27.5 Å². The molecule has 0 aliphatic carbocycles. The van der Waals surface area contributed by atoms with E-state index in [2.05, 4.69) is 20.9 Å². The second-order valence-corrected chi connectivity index (χ2v) is 5.02. The summed E-state index contributed by atoms with van der Waals surface area (Å²) in [5.74, 6) is -1.39. The minimum atomic E-state index is -1.19. The van der Waals surface area contributed by atoms with Gasteiger partial charge in [0, 0.05) is 12.3 Å². The van der Waals surface area contributed by atoms with Crippen LogP contribution in [-0.2, 0) is 0 Å². The van der Waals surface area contributed by atoms with Gasteiger partial charge in [0.15, 0.2) is 0 Å². The molecule has 0 amide bonds. The van der Waals surface area contributed by atoms with Gasteiger partial charge in [0.1, 0.15) is 5.02 Å². The maximum absolute atomic E-state index is 11.0. The molecule has 9 heteroatoms. The highest BCUT2D eigenvalue weighted by Crippen LogP contribution is 2.39. The standard InChI is InChI=1S/C12H6BrClN2O5/c13-7-2-1-3-9(16(19)20)10(7)21-11-8(14)4-6(5-15-11)12(17)18/h1-5H,(H,17,18). The fourth-order valence-electron chi connectivity index (χ4n) is 1.46. The number of halogens is 2. The summed E-state index contributed by atoms with van der Waals surface area (Å²) >= 11 is 9.01. The van der Waals surface area contributed by atoms with Crippen LogP contribution in [0.4, 0.5) is 5.69 Å². The molecule has 0 aliphatic rings. The highest BCUT2D eigenvalue weighted by Gasteiger charge is 2.20. The van der Waals surface area contributed by atoms with Crippen LogP contribution in [-0.4, -0.2) is 21.0 Å². The maximum Gasteiger partial charge on any atom is 0.337 e. The van der Waals surface area contributed by atoms with Crippen LogP contribution in [0.1, 0.15) is 10.4 Å². The van der Waals surface area contributed by atoms with Crippen molar-refractivity contribution in [3.63, 3.8) is 0 Å². The summed E-state index contributed by atoms with van der Waals surface area (Å²) in [5, 5.41) is 19.7. The van der Waals surface area contributed by atoms with E-state index < -0.39 is 10.9 Å². The molecule has 0 atom stereocenters. The summed E-state index contributed by atoms with van der Waals surface area (Å²) in [5.41, 5.74) is -0.390. The Morgan fingerprint density at radius 1 is 1.48 bits per heavy atom. The van der Waals surface area contributed by atoms with Gasteiger partial charge in [0.25, 0.3) is 0 Å². The largest absolute Gasteiger partial charge is 0.478 e. The van der Waals surface area contributed by atoms with Crippen LogP contribution in [0.25, 0.3) is 0 Å². The molecule has 0 radical (unpaired) electrons. The maximum atomic E-state index is 11.0. The van der Waals surface area contributed by atoms with Crippen LogP contribution in [0.2, 0.25) is 5.02 Å². The van der Waals surface area contributed by atoms with Gasteiger partial charge in [-0.1, -0.05) is 17.7 Å². The van der Waals surface area contributed by atoms with E-state index in [1.807, 2.05) is 0 Å². The number of nitro groups is 1. The first-order valence-electron chi connectivity index (χ1n) is 5.39. The van der Waals surface area contributed by atoms with Crippen molar-refractivity contribution in [2.75, 3.05) is 0 Å². The number of carboxylic acid groups (broad SMARTS) is 1. The molecule has 0 saturated carbocycles. The zero-order valence-corrected chi connectivity index (χ0v) is 12.5. The van der Waals surface area contributed by atoms with Gasteiger partial charge in [-0.05, 0) is 28.1 Å². The molecule has 1 aromatic carbocycles. The lowest BCUT2D eigenvalue weighted by Crippen LogP contribution is -2.00. The Bertz CT molecular complexity index is 738. The molecule has 1 N–H and O–H groups in total. The summed E-state index contributed by atoms with van der Waals surface area (Å²) in [6, 6.07) is 5.45. The van der Waals surface area contributed by atoms with Crippen molar-refractivity contribution in [3.8, 4) is 11.6 Å². The van der Waals surface area contributed by atoms with Crippen molar-refractivity contribution in [1.82, 2.24) is 4.98 Å². The van der Waals surface area contributed by atoms with Crippen molar-refractivity contribution < 1.29 is 19.6 Å². The molecule has 0 unspecified atom stereocenters. The van der Waals surface area contributed by atoms with E-state index in [1.165, 1.54) is 12.1 Å². The van der Waals surface area contributed by atoms with E-state index in [-0.39, 0.29) is 27.9 Å². The zero-order chi connectivity index (χ0) is 15.6. The monoisotopic (exact) mass is 372 g/mol. The third-order valence-corrected chi connectivity index (χ3v) is 3.29. The van der Waals surface area contributed by atoms with Crippen LogP contribution in [0.3, 0.4) is 0 Å². The Hall–Kier alpha value is -2.19. The number of carboxylic acids is 1. The Kier molecular flexibility index (Phi) is 4.39. The summed E-state index contributed by atoms with van der Waals surface area (Å²) in [6.45, 7) is 0. The minimum Gasteiger partial charge on any atom is -0.478 e. The average Bonchev–Trinajstić information content (AvgIpc) is 2.42. The molecule has 0 aliphatic heterocycles. The summed E-state index contributed by atoms with van der Waals surface area (Å²) in [7, 11) is 0. The van der Waals surface area contributed by atoms with E-state index in [4.69, 9.17) is 21.4 Å². The van der Waals surface area contributed by atoms with E-state index in [9.17, 15) is 14.9 Å². The molecular weight excluding hydrogens is 367 g/mol. The van der Waals surface area contributed by atoms with Gasteiger partial charge >= 0.3 is 11.7 Å². The van der Waals surface area contributed by atoms with Crippen LogP contribution in [0, 0.1) is 10.1 Å². The fraction of sp³-hybridized carbons (Fsp3) is 0. The molecular formula is C12H6BrClN2O5. The molecule has 0 bridgehead atoms. The molecule has 1 heterocycles. The number of pyridine rings is 1. The molecule has 2 aromatic rings. The second kappa shape index (κ2) is 6.06. The number of ether oxygens (including phenoxy) is 1. The highest BCUT2D eigenvalue weighted by atomic mass is 79.9. The number of aromatic carboxylic acids is 1. The van der Waals surface area contributed by atoms with E-state index >= 15 is 0 Å². The predicted molar refractivity (Wildman–Crippen MR) is 77.1 cm³/mol. The molecule has 1 aromatic heterocycles. The number of benzene rings is 1. The van der Waals surface area contributed by atoms with E-state index in [0.29, 0.717) is 4.47 Å². The summed E-state index contributed by atoms with van der Waals surface area (Å²) in [4.78, 5) is 24.9. The third-order valence-electron chi connectivity index (χ3n) is 2.40. The number of nitrogens with zero attached hydrogens (tertiary/aromatic N) is 2. The number of hydrogen-bond acceptors (Lipinski definition) is 5. The van der Waals surface area contributed by atoms with Gasteiger partial charge in [-0.3, -0.25) is 10.1 Å². The quantitative estimate of drug-likeness (QED) is 0.644. The number of carbonyl (C=O) groups is 1. The smallest absolute Gasteiger partial charge is 0.337 e. The second-order valence-electron chi connectivity index (χ2n) is 3.76. The predicted octanol–water partition coefficient (Wildman–Crippen LogP) is 3.90. The van der Waals surface area contributed by atoms with Gasteiger partial charge in [-0.2, -0.15) is 0 Å². The normalized spacial score (nSPS) is 10.2. The van der Waals surface area contributed by atoms with Crippen molar-refractivity contribution in [2.24, 2.45) is 0 Å².